The third kappa shape index (κ3) is 3.39. The van der Waals surface area contributed by atoms with Gasteiger partial charge in [-0.1, -0.05) is 86.8 Å². The van der Waals surface area contributed by atoms with Gasteiger partial charge in [-0.25, -0.2) is 0 Å². The lowest BCUT2D eigenvalue weighted by Crippen LogP contribution is -1.98. The number of fused-ring (bicyclic) bond motifs is 1. The Morgan fingerprint density at radius 1 is 0.826 bits per heavy atom. The summed E-state index contributed by atoms with van der Waals surface area (Å²) in [5.41, 5.74) is 11.3. The Bertz CT molecular complexity index is 775. The molecule has 118 valence electrons. The predicted molar refractivity (Wildman–Crippen MR) is 102 cm³/mol. The Hall–Kier alpha value is -2.28. The molecule has 1 heteroatoms. The van der Waals surface area contributed by atoms with E-state index in [2.05, 4.69) is 67.6 Å². The van der Waals surface area contributed by atoms with E-state index in [4.69, 9.17) is 5.73 Å². The van der Waals surface area contributed by atoms with Crippen molar-refractivity contribution < 1.29 is 0 Å². The van der Waals surface area contributed by atoms with Gasteiger partial charge in [0.1, 0.15) is 0 Å². The highest BCUT2D eigenvalue weighted by atomic mass is 14.6. The number of benzene rings is 3. The van der Waals surface area contributed by atoms with Crippen LogP contribution in [0.5, 0.6) is 0 Å². The van der Waals surface area contributed by atoms with Crippen molar-refractivity contribution >= 4 is 16.5 Å². The van der Waals surface area contributed by atoms with Gasteiger partial charge in [-0.3, -0.25) is 0 Å². The first kappa shape index (κ1) is 15.6. The predicted octanol–water partition coefficient (Wildman–Crippen LogP) is 6.21. The van der Waals surface area contributed by atoms with Crippen LogP contribution < -0.4 is 5.73 Å². The van der Waals surface area contributed by atoms with Crippen molar-refractivity contribution in [3.8, 4) is 11.1 Å². The monoisotopic (exact) mass is 303 g/mol. The van der Waals surface area contributed by atoms with E-state index in [-0.39, 0.29) is 0 Å². The molecule has 3 aromatic rings. The van der Waals surface area contributed by atoms with Gasteiger partial charge in [-0.05, 0) is 29.4 Å². The molecule has 0 radical (unpaired) electrons. The van der Waals surface area contributed by atoms with Crippen molar-refractivity contribution in [2.45, 2.75) is 39.0 Å². The highest BCUT2D eigenvalue weighted by Crippen LogP contribution is 2.36. The Kier molecular flexibility index (Phi) is 4.97. The summed E-state index contributed by atoms with van der Waals surface area (Å²) < 4.78 is 0. The highest BCUT2D eigenvalue weighted by Gasteiger charge is 2.12. The summed E-state index contributed by atoms with van der Waals surface area (Å²) in [6.45, 7) is 2.25. The largest absolute Gasteiger partial charge is 0.398 e. The molecule has 0 amide bonds. The zero-order valence-corrected chi connectivity index (χ0v) is 13.9. The van der Waals surface area contributed by atoms with Crippen LogP contribution in [0.2, 0.25) is 0 Å². The fourth-order valence-corrected chi connectivity index (χ4v) is 3.32. The summed E-state index contributed by atoms with van der Waals surface area (Å²) in [6, 6.07) is 21.3. The molecule has 0 atom stereocenters. The van der Waals surface area contributed by atoms with Crippen molar-refractivity contribution in [3.05, 3.63) is 66.2 Å². The number of hydrogen-bond acceptors (Lipinski definition) is 1. The average molecular weight is 303 g/mol. The molecule has 0 heterocycles. The minimum atomic E-state index is 0.916. The van der Waals surface area contributed by atoms with E-state index in [1.165, 1.54) is 47.8 Å². The van der Waals surface area contributed by atoms with Crippen LogP contribution in [0.25, 0.3) is 21.9 Å². The van der Waals surface area contributed by atoms with Crippen molar-refractivity contribution in [2.24, 2.45) is 0 Å². The quantitative estimate of drug-likeness (QED) is 0.425. The van der Waals surface area contributed by atoms with E-state index in [1.54, 1.807) is 0 Å². The summed E-state index contributed by atoms with van der Waals surface area (Å²) in [4.78, 5) is 0. The van der Waals surface area contributed by atoms with Crippen LogP contribution in [0.15, 0.2) is 60.7 Å². The molecule has 0 bridgehead atoms. The molecule has 0 aliphatic carbocycles. The van der Waals surface area contributed by atoms with E-state index < -0.39 is 0 Å². The third-order valence-corrected chi connectivity index (χ3v) is 4.53. The molecule has 0 spiro atoms. The van der Waals surface area contributed by atoms with Crippen LogP contribution in [0.3, 0.4) is 0 Å². The topological polar surface area (TPSA) is 26.0 Å². The Morgan fingerprint density at radius 2 is 1.57 bits per heavy atom. The van der Waals surface area contributed by atoms with E-state index in [1.807, 2.05) is 0 Å². The van der Waals surface area contributed by atoms with Crippen molar-refractivity contribution in [1.29, 1.82) is 0 Å². The number of unbranched alkanes of at least 4 members (excludes halogenated alkanes) is 3. The maximum Gasteiger partial charge on any atom is 0.0476 e. The highest BCUT2D eigenvalue weighted by molar-refractivity contribution is 6.02. The maximum absolute atomic E-state index is 6.58. The summed E-state index contributed by atoms with van der Waals surface area (Å²) in [6.07, 6.45) is 6.19. The molecule has 23 heavy (non-hydrogen) atoms. The molecule has 0 unspecified atom stereocenters. The van der Waals surface area contributed by atoms with Crippen LogP contribution in [0.4, 0.5) is 5.69 Å². The first-order valence-corrected chi connectivity index (χ1v) is 8.66. The van der Waals surface area contributed by atoms with E-state index in [9.17, 15) is 0 Å². The van der Waals surface area contributed by atoms with Crippen LogP contribution in [-0.4, -0.2) is 0 Å². The van der Waals surface area contributed by atoms with Gasteiger partial charge in [-0.2, -0.15) is 0 Å². The number of nitrogens with two attached hydrogens (primary N) is 1. The number of rotatable bonds is 6. The average Bonchev–Trinajstić information content (AvgIpc) is 2.60. The standard InChI is InChI=1S/C22H25N/c1-2-3-4-6-14-19-16-18-13-9-10-15-20(18)22(23)21(19)17-11-7-5-8-12-17/h5,7-13,15-16H,2-4,6,14,23H2,1H3. The molecular formula is C22H25N. The first-order valence-electron chi connectivity index (χ1n) is 8.66. The maximum atomic E-state index is 6.58. The molecule has 0 fully saturated rings. The lowest BCUT2D eigenvalue weighted by Gasteiger charge is -2.16. The van der Waals surface area contributed by atoms with Crippen LogP contribution in [-0.2, 0) is 6.42 Å². The van der Waals surface area contributed by atoms with Gasteiger partial charge in [0.05, 0.1) is 0 Å². The van der Waals surface area contributed by atoms with Crippen LogP contribution >= 0.6 is 0 Å². The van der Waals surface area contributed by atoms with Crippen molar-refractivity contribution in [3.63, 3.8) is 0 Å². The molecule has 0 aliphatic rings. The Morgan fingerprint density at radius 3 is 2.35 bits per heavy atom. The zero-order valence-electron chi connectivity index (χ0n) is 13.9. The van der Waals surface area contributed by atoms with Gasteiger partial charge in [0, 0.05) is 16.6 Å². The number of hydrogen-bond donors (Lipinski definition) is 1. The van der Waals surface area contributed by atoms with Crippen molar-refractivity contribution in [2.75, 3.05) is 5.73 Å². The lowest BCUT2D eigenvalue weighted by atomic mass is 9.90. The fraction of sp³-hybridized carbons (Fsp3) is 0.273. The minimum Gasteiger partial charge on any atom is -0.398 e. The molecule has 0 saturated heterocycles. The molecule has 1 nitrogen and oxygen atoms in total. The molecule has 3 rings (SSSR count). The van der Waals surface area contributed by atoms with Gasteiger partial charge in [0.25, 0.3) is 0 Å². The number of anilines is 1. The van der Waals surface area contributed by atoms with Gasteiger partial charge < -0.3 is 5.73 Å². The molecule has 3 aromatic carbocycles. The lowest BCUT2D eigenvalue weighted by molar-refractivity contribution is 0.667. The normalized spacial score (nSPS) is 11.0. The number of nitrogen functional groups attached to an aromatic ring is 1. The molecular weight excluding hydrogens is 278 g/mol. The Balaban J connectivity index is 2.08. The Labute approximate surface area is 139 Å². The second kappa shape index (κ2) is 7.32. The SMILES string of the molecule is CCCCCCc1cc2ccccc2c(N)c1-c1ccccc1. The summed E-state index contributed by atoms with van der Waals surface area (Å²) in [5, 5.41) is 2.40. The first-order chi connectivity index (χ1) is 11.3. The van der Waals surface area contributed by atoms with Crippen LogP contribution in [0.1, 0.15) is 38.2 Å². The second-order valence-electron chi connectivity index (χ2n) is 6.22. The van der Waals surface area contributed by atoms with Crippen molar-refractivity contribution in [1.82, 2.24) is 0 Å². The molecule has 2 N–H and O–H groups in total. The van der Waals surface area contributed by atoms with Gasteiger partial charge in [0.15, 0.2) is 0 Å². The molecule has 0 saturated carbocycles. The summed E-state index contributed by atoms with van der Waals surface area (Å²) in [5.74, 6) is 0. The summed E-state index contributed by atoms with van der Waals surface area (Å²) in [7, 11) is 0. The smallest absolute Gasteiger partial charge is 0.0476 e. The van der Waals surface area contributed by atoms with E-state index in [0.29, 0.717) is 0 Å². The minimum absolute atomic E-state index is 0.916. The second-order valence-corrected chi connectivity index (χ2v) is 6.22. The van der Waals surface area contributed by atoms with E-state index >= 15 is 0 Å². The third-order valence-electron chi connectivity index (χ3n) is 4.53. The zero-order chi connectivity index (χ0) is 16.1. The van der Waals surface area contributed by atoms with Gasteiger partial charge in [-0.15, -0.1) is 0 Å². The van der Waals surface area contributed by atoms with E-state index in [0.717, 1.165) is 17.5 Å². The molecule has 0 aliphatic heterocycles. The van der Waals surface area contributed by atoms with Gasteiger partial charge >= 0.3 is 0 Å². The van der Waals surface area contributed by atoms with Gasteiger partial charge in [0.2, 0.25) is 0 Å². The summed E-state index contributed by atoms with van der Waals surface area (Å²) >= 11 is 0. The fourth-order valence-electron chi connectivity index (χ4n) is 3.32. The van der Waals surface area contributed by atoms with Crippen LogP contribution in [0, 0.1) is 0 Å². The number of aryl methyl sites for hydroxylation is 1. The molecule has 0 aromatic heterocycles.